The zero-order chi connectivity index (χ0) is 21.3. The van der Waals surface area contributed by atoms with Crippen LogP contribution in [0.4, 0.5) is 0 Å². The molecule has 160 valence electrons. The van der Waals surface area contributed by atoms with Gasteiger partial charge in [-0.1, -0.05) is 39.8 Å². The summed E-state index contributed by atoms with van der Waals surface area (Å²) in [5.41, 5.74) is 2.20. The van der Waals surface area contributed by atoms with E-state index in [1.807, 2.05) is 30.6 Å². The molecule has 0 spiro atoms. The van der Waals surface area contributed by atoms with Crippen molar-refractivity contribution in [2.45, 2.75) is 65.6 Å². The van der Waals surface area contributed by atoms with Gasteiger partial charge in [0.1, 0.15) is 11.9 Å². The normalized spacial score (nSPS) is 18.1. The quantitative estimate of drug-likeness (QED) is 0.524. The lowest BCUT2D eigenvalue weighted by atomic mass is 10.0. The number of imidazole rings is 1. The van der Waals surface area contributed by atoms with Crippen molar-refractivity contribution in [1.29, 1.82) is 0 Å². The molecular weight excluding hydrogens is 372 g/mol. The lowest BCUT2D eigenvalue weighted by Gasteiger charge is -2.30. The molecule has 0 unspecified atom stereocenters. The van der Waals surface area contributed by atoms with E-state index in [-0.39, 0.29) is 18.0 Å². The summed E-state index contributed by atoms with van der Waals surface area (Å²) in [4.78, 5) is 20.9. The van der Waals surface area contributed by atoms with Gasteiger partial charge in [-0.2, -0.15) is 0 Å². The standard InChI is InChI=1S/C25H34N4O/c1-18(2)16-23(27-13-7-8-14-27)25(30)28-15-9-12-22(28)24-26-20-10-5-6-11-21(20)29(24)17-19(3)4/h5-8,10-11,13-14,18-19,22-23H,9,12,15-17H2,1-4H3/t22-,23+/m1/s1. The molecule has 2 aromatic heterocycles. The summed E-state index contributed by atoms with van der Waals surface area (Å²) in [6, 6.07) is 12.3. The molecule has 1 aliphatic rings. The number of hydrogen-bond donors (Lipinski definition) is 0. The first-order valence-corrected chi connectivity index (χ1v) is 11.3. The number of rotatable bonds is 7. The minimum absolute atomic E-state index is 0.0499. The predicted octanol–water partition coefficient (Wildman–Crippen LogP) is 5.44. The van der Waals surface area contributed by atoms with Crippen LogP contribution in [0.1, 0.15) is 64.9 Å². The van der Waals surface area contributed by atoms with E-state index in [9.17, 15) is 4.79 Å². The second-order valence-corrected chi connectivity index (χ2v) is 9.43. The van der Waals surface area contributed by atoms with Gasteiger partial charge in [-0.3, -0.25) is 4.79 Å². The Morgan fingerprint density at radius 3 is 2.50 bits per heavy atom. The van der Waals surface area contributed by atoms with Gasteiger partial charge in [0.15, 0.2) is 0 Å². The van der Waals surface area contributed by atoms with E-state index >= 15 is 0 Å². The van der Waals surface area contributed by atoms with Crippen LogP contribution >= 0.6 is 0 Å². The summed E-state index contributed by atoms with van der Waals surface area (Å²) < 4.78 is 4.43. The predicted molar refractivity (Wildman–Crippen MR) is 121 cm³/mol. The molecule has 5 nitrogen and oxygen atoms in total. The summed E-state index contributed by atoms with van der Waals surface area (Å²) in [5.74, 6) is 2.24. The van der Waals surface area contributed by atoms with Crippen LogP contribution < -0.4 is 0 Å². The average molecular weight is 407 g/mol. The summed E-state index contributed by atoms with van der Waals surface area (Å²) in [5, 5.41) is 0. The summed E-state index contributed by atoms with van der Waals surface area (Å²) in [6.07, 6.45) is 6.89. The molecule has 5 heteroatoms. The number of amides is 1. The molecular formula is C25H34N4O. The largest absolute Gasteiger partial charge is 0.342 e. The van der Waals surface area contributed by atoms with Crippen LogP contribution in [0.2, 0.25) is 0 Å². The monoisotopic (exact) mass is 406 g/mol. The molecule has 30 heavy (non-hydrogen) atoms. The summed E-state index contributed by atoms with van der Waals surface area (Å²) >= 11 is 0. The van der Waals surface area contributed by atoms with E-state index in [0.29, 0.717) is 11.8 Å². The lowest BCUT2D eigenvalue weighted by molar-refractivity contribution is -0.136. The maximum atomic E-state index is 13.8. The number of carbonyl (C=O) groups excluding carboxylic acids is 1. The Balaban J connectivity index is 1.70. The molecule has 1 aliphatic heterocycles. The number of para-hydroxylation sites is 2. The minimum Gasteiger partial charge on any atom is -0.342 e. The summed E-state index contributed by atoms with van der Waals surface area (Å²) in [7, 11) is 0. The van der Waals surface area contributed by atoms with Crippen molar-refractivity contribution in [2.24, 2.45) is 11.8 Å². The van der Waals surface area contributed by atoms with E-state index < -0.39 is 0 Å². The van der Waals surface area contributed by atoms with Crippen LogP contribution in [-0.4, -0.2) is 31.5 Å². The smallest absolute Gasteiger partial charge is 0.246 e. The molecule has 0 radical (unpaired) electrons. The third-order valence-electron chi connectivity index (χ3n) is 6.03. The number of carbonyl (C=O) groups is 1. The van der Waals surface area contributed by atoms with E-state index in [2.05, 4.69) is 59.9 Å². The van der Waals surface area contributed by atoms with Gasteiger partial charge in [-0.05, 0) is 55.4 Å². The van der Waals surface area contributed by atoms with E-state index in [1.165, 1.54) is 5.52 Å². The molecule has 4 rings (SSSR count). The number of fused-ring (bicyclic) bond motifs is 1. The van der Waals surface area contributed by atoms with Gasteiger partial charge in [0.2, 0.25) is 5.91 Å². The van der Waals surface area contributed by atoms with Crippen molar-refractivity contribution in [2.75, 3.05) is 6.54 Å². The molecule has 0 aliphatic carbocycles. The number of hydrogen-bond acceptors (Lipinski definition) is 2. The van der Waals surface area contributed by atoms with Gasteiger partial charge in [-0.25, -0.2) is 4.98 Å². The van der Waals surface area contributed by atoms with E-state index in [1.54, 1.807) is 0 Å². The van der Waals surface area contributed by atoms with Gasteiger partial charge in [0.05, 0.1) is 17.1 Å². The fourth-order valence-electron chi connectivity index (χ4n) is 4.75. The Morgan fingerprint density at radius 1 is 1.07 bits per heavy atom. The molecule has 3 heterocycles. The van der Waals surface area contributed by atoms with Crippen molar-refractivity contribution >= 4 is 16.9 Å². The molecule has 1 amide bonds. The van der Waals surface area contributed by atoms with Crippen molar-refractivity contribution in [3.05, 3.63) is 54.6 Å². The highest BCUT2D eigenvalue weighted by Crippen LogP contribution is 2.36. The molecule has 0 N–H and O–H groups in total. The molecule has 1 aromatic carbocycles. The fraction of sp³-hybridized carbons (Fsp3) is 0.520. The highest BCUT2D eigenvalue weighted by atomic mass is 16.2. The van der Waals surface area contributed by atoms with Crippen LogP contribution in [-0.2, 0) is 11.3 Å². The Labute approximate surface area is 179 Å². The van der Waals surface area contributed by atoms with Gasteiger partial charge >= 0.3 is 0 Å². The summed E-state index contributed by atoms with van der Waals surface area (Å²) in [6.45, 7) is 10.6. The third-order valence-corrected chi connectivity index (χ3v) is 6.03. The maximum Gasteiger partial charge on any atom is 0.246 e. The van der Waals surface area contributed by atoms with Crippen molar-refractivity contribution in [3.63, 3.8) is 0 Å². The van der Waals surface area contributed by atoms with Crippen molar-refractivity contribution in [1.82, 2.24) is 19.0 Å². The van der Waals surface area contributed by atoms with Gasteiger partial charge in [-0.15, -0.1) is 0 Å². The van der Waals surface area contributed by atoms with Crippen molar-refractivity contribution < 1.29 is 4.79 Å². The zero-order valence-electron chi connectivity index (χ0n) is 18.7. The lowest BCUT2D eigenvalue weighted by Crippen LogP contribution is -2.38. The topological polar surface area (TPSA) is 43.1 Å². The Bertz CT molecular complexity index is 986. The minimum atomic E-state index is -0.150. The van der Waals surface area contributed by atoms with Gasteiger partial charge < -0.3 is 14.0 Å². The molecule has 1 fully saturated rings. The molecule has 3 aromatic rings. The fourth-order valence-corrected chi connectivity index (χ4v) is 4.75. The van der Waals surface area contributed by atoms with Crippen LogP contribution in [0, 0.1) is 11.8 Å². The van der Waals surface area contributed by atoms with Crippen LogP contribution in [0.5, 0.6) is 0 Å². The van der Waals surface area contributed by atoms with Crippen LogP contribution in [0.25, 0.3) is 11.0 Å². The molecule has 1 saturated heterocycles. The number of nitrogens with zero attached hydrogens (tertiary/aromatic N) is 4. The van der Waals surface area contributed by atoms with Gasteiger partial charge in [0, 0.05) is 25.5 Å². The second-order valence-electron chi connectivity index (χ2n) is 9.43. The SMILES string of the molecule is CC(C)C[C@@H](C(=O)N1CCC[C@@H]1c1nc2ccccc2n1CC(C)C)n1cccc1. The highest BCUT2D eigenvalue weighted by molar-refractivity contribution is 5.82. The maximum absolute atomic E-state index is 13.8. The number of benzene rings is 1. The Hall–Kier alpha value is -2.56. The number of likely N-dealkylation sites (tertiary alicyclic amines) is 1. The van der Waals surface area contributed by atoms with Crippen LogP contribution in [0.15, 0.2) is 48.8 Å². The molecule has 2 atom stereocenters. The zero-order valence-corrected chi connectivity index (χ0v) is 18.7. The van der Waals surface area contributed by atoms with Crippen molar-refractivity contribution in [3.8, 4) is 0 Å². The second kappa shape index (κ2) is 8.66. The van der Waals surface area contributed by atoms with Crippen LogP contribution in [0.3, 0.4) is 0 Å². The van der Waals surface area contributed by atoms with E-state index in [4.69, 9.17) is 4.98 Å². The first-order chi connectivity index (χ1) is 14.5. The first-order valence-electron chi connectivity index (χ1n) is 11.3. The Morgan fingerprint density at radius 2 is 1.80 bits per heavy atom. The average Bonchev–Trinajstić information content (AvgIpc) is 3.45. The first kappa shape index (κ1) is 20.7. The third kappa shape index (κ3) is 4.03. The molecule has 0 saturated carbocycles. The number of aromatic nitrogens is 3. The molecule has 0 bridgehead atoms. The van der Waals surface area contributed by atoms with Gasteiger partial charge in [0.25, 0.3) is 0 Å². The van der Waals surface area contributed by atoms with E-state index in [0.717, 1.165) is 43.7 Å². The highest BCUT2D eigenvalue weighted by Gasteiger charge is 2.37. The Kier molecular flexibility index (Phi) is 5.98.